The molecule has 1 N–H and O–H groups in total. The maximum Gasteiger partial charge on any atom is 0.224 e. The SMILES string of the molecule is CC1NCCN(C(=O)CCn2cncn2)C1C.Cl. The van der Waals surface area contributed by atoms with E-state index in [1.165, 1.54) is 6.33 Å². The van der Waals surface area contributed by atoms with Crippen LogP contribution >= 0.6 is 12.4 Å². The molecule has 1 aromatic heterocycles. The average Bonchev–Trinajstić information content (AvgIpc) is 2.82. The quantitative estimate of drug-likeness (QED) is 0.860. The molecule has 18 heavy (non-hydrogen) atoms. The summed E-state index contributed by atoms with van der Waals surface area (Å²) in [5, 5.41) is 7.35. The maximum absolute atomic E-state index is 12.1. The Morgan fingerprint density at radius 3 is 2.94 bits per heavy atom. The highest BCUT2D eigenvalue weighted by Crippen LogP contribution is 2.10. The Kier molecular flexibility index (Phi) is 5.55. The first-order valence-electron chi connectivity index (χ1n) is 6.03. The normalized spacial score (nSPS) is 23.6. The first-order valence-corrected chi connectivity index (χ1v) is 6.03. The molecular formula is C11H20ClN5O. The Labute approximate surface area is 113 Å². The highest BCUT2D eigenvalue weighted by molar-refractivity contribution is 5.85. The van der Waals surface area contributed by atoms with Gasteiger partial charge in [0.15, 0.2) is 0 Å². The lowest BCUT2D eigenvalue weighted by molar-refractivity contribution is -0.135. The van der Waals surface area contributed by atoms with Crippen LogP contribution in [0.2, 0.25) is 0 Å². The lowest BCUT2D eigenvalue weighted by Gasteiger charge is -2.38. The number of aromatic nitrogens is 3. The van der Waals surface area contributed by atoms with Crippen molar-refractivity contribution >= 4 is 18.3 Å². The van der Waals surface area contributed by atoms with E-state index in [4.69, 9.17) is 0 Å². The number of carbonyl (C=O) groups is 1. The topological polar surface area (TPSA) is 63.1 Å². The van der Waals surface area contributed by atoms with Crippen LogP contribution in [0.5, 0.6) is 0 Å². The molecule has 0 spiro atoms. The van der Waals surface area contributed by atoms with Gasteiger partial charge in [0.05, 0.1) is 6.54 Å². The van der Waals surface area contributed by atoms with Crippen molar-refractivity contribution in [3.63, 3.8) is 0 Å². The van der Waals surface area contributed by atoms with E-state index in [0.29, 0.717) is 19.0 Å². The Morgan fingerprint density at radius 2 is 2.28 bits per heavy atom. The number of piperazine rings is 1. The largest absolute Gasteiger partial charge is 0.337 e. The first kappa shape index (κ1) is 14.9. The fraction of sp³-hybridized carbons (Fsp3) is 0.727. The van der Waals surface area contributed by atoms with Gasteiger partial charge in [-0.15, -0.1) is 12.4 Å². The molecule has 7 heteroatoms. The van der Waals surface area contributed by atoms with Crippen LogP contribution in [0.25, 0.3) is 0 Å². The minimum Gasteiger partial charge on any atom is -0.337 e. The molecule has 0 bridgehead atoms. The van der Waals surface area contributed by atoms with Gasteiger partial charge in [0.1, 0.15) is 12.7 Å². The number of amides is 1. The van der Waals surface area contributed by atoms with Gasteiger partial charge in [-0.3, -0.25) is 9.48 Å². The fourth-order valence-electron chi connectivity index (χ4n) is 2.11. The van der Waals surface area contributed by atoms with Gasteiger partial charge in [-0.1, -0.05) is 0 Å². The van der Waals surface area contributed by atoms with Crippen molar-refractivity contribution in [3.8, 4) is 0 Å². The van der Waals surface area contributed by atoms with E-state index < -0.39 is 0 Å². The number of aryl methyl sites for hydroxylation is 1. The standard InChI is InChI=1S/C11H19N5O.ClH/c1-9-10(2)16(6-4-13-9)11(17)3-5-15-8-12-7-14-15;/h7-10,13H,3-6H2,1-2H3;1H. The van der Waals surface area contributed by atoms with E-state index in [9.17, 15) is 4.79 Å². The van der Waals surface area contributed by atoms with E-state index in [2.05, 4.69) is 29.2 Å². The number of hydrogen-bond donors (Lipinski definition) is 1. The lowest BCUT2D eigenvalue weighted by atomic mass is 10.1. The van der Waals surface area contributed by atoms with Crippen LogP contribution in [0.15, 0.2) is 12.7 Å². The summed E-state index contributed by atoms with van der Waals surface area (Å²) in [7, 11) is 0. The Hall–Kier alpha value is -1.14. The Balaban J connectivity index is 0.00000162. The number of hydrogen-bond acceptors (Lipinski definition) is 4. The summed E-state index contributed by atoms with van der Waals surface area (Å²) in [5.74, 6) is 0.196. The van der Waals surface area contributed by atoms with Crippen molar-refractivity contribution in [2.75, 3.05) is 13.1 Å². The van der Waals surface area contributed by atoms with E-state index in [0.717, 1.165) is 13.1 Å². The highest BCUT2D eigenvalue weighted by atomic mass is 35.5. The predicted molar refractivity (Wildman–Crippen MR) is 70.5 cm³/mol. The van der Waals surface area contributed by atoms with Gasteiger partial charge in [0, 0.05) is 31.6 Å². The summed E-state index contributed by atoms with van der Waals surface area (Å²) in [6.45, 7) is 6.47. The lowest BCUT2D eigenvalue weighted by Crippen LogP contribution is -2.57. The number of carbonyl (C=O) groups excluding carboxylic acids is 1. The zero-order chi connectivity index (χ0) is 12.3. The molecule has 0 aromatic carbocycles. The smallest absolute Gasteiger partial charge is 0.224 e. The van der Waals surface area contributed by atoms with Gasteiger partial charge >= 0.3 is 0 Å². The van der Waals surface area contributed by atoms with Crippen molar-refractivity contribution in [2.24, 2.45) is 0 Å². The molecule has 1 fully saturated rings. The minimum atomic E-state index is 0. The maximum atomic E-state index is 12.1. The third-order valence-electron chi connectivity index (χ3n) is 3.38. The third kappa shape index (κ3) is 3.43. The van der Waals surface area contributed by atoms with Crippen molar-refractivity contribution in [1.82, 2.24) is 25.0 Å². The molecule has 2 rings (SSSR count). The van der Waals surface area contributed by atoms with Crippen LogP contribution in [0.1, 0.15) is 20.3 Å². The second-order valence-corrected chi connectivity index (χ2v) is 4.48. The van der Waals surface area contributed by atoms with E-state index in [1.54, 1.807) is 11.0 Å². The van der Waals surface area contributed by atoms with E-state index >= 15 is 0 Å². The van der Waals surface area contributed by atoms with Crippen LogP contribution in [-0.2, 0) is 11.3 Å². The minimum absolute atomic E-state index is 0. The Bertz CT molecular complexity index is 370. The van der Waals surface area contributed by atoms with Crippen LogP contribution in [-0.4, -0.2) is 50.7 Å². The van der Waals surface area contributed by atoms with Crippen LogP contribution < -0.4 is 5.32 Å². The molecule has 2 atom stereocenters. The molecule has 1 saturated heterocycles. The first-order chi connectivity index (χ1) is 8.18. The summed E-state index contributed by atoms with van der Waals surface area (Å²) in [4.78, 5) is 17.9. The van der Waals surface area contributed by atoms with Crippen molar-refractivity contribution in [1.29, 1.82) is 0 Å². The number of halogens is 1. The van der Waals surface area contributed by atoms with Crippen molar-refractivity contribution in [3.05, 3.63) is 12.7 Å². The zero-order valence-corrected chi connectivity index (χ0v) is 11.6. The molecule has 1 aliphatic rings. The second kappa shape index (κ2) is 6.70. The molecule has 102 valence electrons. The van der Waals surface area contributed by atoms with Crippen LogP contribution in [0, 0.1) is 0 Å². The molecule has 6 nitrogen and oxygen atoms in total. The van der Waals surface area contributed by atoms with Gasteiger partial charge < -0.3 is 10.2 Å². The van der Waals surface area contributed by atoms with Gasteiger partial charge in [0.25, 0.3) is 0 Å². The monoisotopic (exact) mass is 273 g/mol. The number of nitrogens with zero attached hydrogens (tertiary/aromatic N) is 4. The summed E-state index contributed by atoms with van der Waals surface area (Å²) >= 11 is 0. The van der Waals surface area contributed by atoms with Gasteiger partial charge in [-0.2, -0.15) is 5.10 Å². The molecule has 2 unspecified atom stereocenters. The summed E-state index contributed by atoms with van der Waals surface area (Å²) < 4.78 is 1.69. The van der Waals surface area contributed by atoms with E-state index in [-0.39, 0.29) is 24.4 Å². The molecule has 0 aliphatic carbocycles. The number of nitrogens with one attached hydrogen (secondary N) is 1. The Morgan fingerprint density at radius 1 is 1.50 bits per heavy atom. The summed E-state index contributed by atoms with van der Waals surface area (Å²) in [5.41, 5.74) is 0. The summed E-state index contributed by atoms with van der Waals surface area (Å²) in [6.07, 6.45) is 3.61. The molecule has 0 radical (unpaired) electrons. The van der Waals surface area contributed by atoms with Crippen molar-refractivity contribution in [2.45, 2.75) is 38.9 Å². The molecular weight excluding hydrogens is 254 g/mol. The van der Waals surface area contributed by atoms with Gasteiger partial charge in [0.2, 0.25) is 5.91 Å². The number of rotatable bonds is 3. The highest BCUT2D eigenvalue weighted by Gasteiger charge is 2.27. The molecule has 1 aromatic rings. The van der Waals surface area contributed by atoms with Crippen LogP contribution in [0.4, 0.5) is 0 Å². The molecule has 2 heterocycles. The van der Waals surface area contributed by atoms with Gasteiger partial charge in [-0.25, -0.2) is 4.98 Å². The van der Waals surface area contributed by atoms with Crippen LogP contribution in [0.3, 0.4) is 0 Å². The zero-order valence-electron chi connectivity index (χ0n) is 10.7. The van der Waals surface area contributed by atoms with Gasteiger partial charge in [-0.05, 0) is 13.8 Å². The molecule has 0 saturated carbocycles. The molecule has 1 amide bonds. The van der Waals surface area contributed by atoms with Crippen molar-refractivity contribution < 1.29 is 4.79 Å². The predicted octanol–water partition coefficient (Wildman–Crippen LogP) is 0.299. The average molecular weight is 274 g/mol. The van der Waals surface area contributed by atoms with E-state index in [1.807, 2.05) is 4.90 Å². The fourth-order valence-corrected chi connectivity index (χ4v) is 2.11. The molecule has 1 aliphatic heterocycles. The summed E-state index contributed by atoms with van der Waals surface area (Å²) in [6, 6.07) is 0.617. The third-order valence-corrected chi connectivity index (χ3v) is 3.38. The second-order valence-electron chi connectivity index (χ2n) is 4.48.